The van der Waals surface area contributed by atoms with E-state index in [9.17, 15) is 4.79 Å². The van der Waals surface area contributed by atoms with Crippen LogP contribution in [0.15, 0.2) is 42.6 Å². The number of fused-ring (bicyclic) bond motifs is 1. The molecular weight excluding hydrogens is 264 g/mol. The second-order valence-corrected chi connectivity index (χ2v) is 5.16. The summed E-state index contributed by atoms with van der Waals surface area (Å²) in [6.45, 7) is 5.42. The van der Waals surface area contributed by atoms with Crippen LogP contribution in [0.4, 0.5) is 0 Å². The first kappa shape index (κ1) is 13.4. The molecule has 0 atom stereocenters. The van der Waals surface area contributed by atoms with E-state index in [0.29, 0.717) is 11.6 Å². The Hall–Kier alpha value is -2.62. The van der Waals surface area contributed by atoms with Gasteiger partial charge in [0, 0.05) is 18.7 Å². The fraction of sp³-hybridized carbons (Fsp3) is 0.176. The van der Waals surface area contributed by atoms with Crippen molar-refractivity contribution in [1.82, 2.24) is 9.38 Å². The Morgan fingerprint density at radius 1 is 1.05 bits per heavy atom. The number of ether oxygens (including phenoxy) is 1. The first-order valence-corrected chi connectivity index (χ1v) is 6.79. The van der Waals surface area contributed by atoms with Gasteiger partial charge in [0.15, 0.2) is 0 Å². The molecule has 0 saturated carbocycles. The highest BCUT2D eigenvalue weighted by atomic mass is 16.5. The molecule has 21 heavy (non-hydrogen) atoms. The van der Waals surface area contributed by atoms with E-state index in [4.69, 9.17) is 4.74 Å². The third kappa shape index (κ3) is 2.52. The highest BCUT2D eigenvalue weighted by Crippen LogP contribution is 2.31. The van der Waals surface area contributed by atoms with Crippen LogP contribution in [0.1, 0.15) is 18.1 Å². The summed E-state index contributed by atoms with van der Waals surface area (Å²) in [6, 6.07) is 11.9. The third-order valence-corrected chi connectivity index (χ3v) is 3.29. The maximum atomic E-state index is 11.4. The first-order chi connectivity index (χ1) is 10.0. The minimum Gasteiger partial charge on any atom is -0.407 e. The summed E-state index contributed by atoms with van der Waals surface area (Å²) in [5.41, 5.74) is 4.61. The molecule has 0 radical (unpaired) electrons. The number of hydrogen-bond acceptors (Lipinski definition) is 3. The molecule has 0 aliphatic heterocycles. The van der Waals surface area contributed by atoms with Gasteiger partial charge in [-0.15, -0.1) is 0 Å². The van der Waals surface area contributed by atoms with Gasteiger partial charge in [-0.25, -0.2) is 4.98 Å². The molecule has 0 fully saturated rings. The number of hydrogen-bond donors (Lipinski definition) is 0. The van der Waals surface area contributed by atoms with Gasteiger partial charge in [0.05, 0.1) is 0 Å². The van der Waals surface area contributed by atoms with Crippen LogP contribution in [0.5, 0.6) is 5.88 Å². The minimum absolute atomic E-state index is 0.355. The Balaban J connectivity index is 2.25. The highest BCUT2D eigenvalue weighted by molar-refractivity contribution is 5.76. The lowest BCUT2D eigenvalue weighted by Crippen LogP contribution is -2.05. The van der Waals surface area contributed by atoms with Gasteiger partial charge in [0.2, 0.25) is 5.88 Å². The summed E-state index contributed by atoms with van der Waals surface area (Å²) in [5, 5.41) is 0. The monoisotopic (exact) mass is 280 g/mol. The zero-order valence-corrected chi connectivity index (χ0v) is 12.3. The van der Waals surface area contributed by atoms with Crippen molar-refractivity contribution in [1.29, 1.82) is 0 Å². The lowest BCUT2D eigenvalue weighted by molar-refractivity contribution is -0.132. The van der Waals surface area contributed by atoms with Crippen LogP contribution >= 0.6 is 0 Å². The molecule has 2 aromatic heterocycles. The van der Waals surface area contributed by atoms with Crippen LogP contribution in [0.2, 0.25) is 0 Å². The number of carbonyl (C=O) groups is 1. The fourth-order valence-corrected chi connectivity index (χ4v) is 2.26. The van der Waals surface area contributed by atoms with Crippen LogP contribution in [0.25, 0.3) is 16.9 Å². The second-order valence-electron chi connectivity index (χ2n) is 5.16. The van der Waals surface area contributed by atoms with E-state index >= 15 is 0 Å². The van der Waals surface area contributed by atoms with Gasteiger partial charge < -0.3 is 4.74 Å². The number of carbonyl (C=O) groups excluding carboxylic acids is 1. The van der Waals surface area contributed by atoms with Crippen molar-refractivity contribution in [3.63, 3.8) is 0 Å². The summed E-state index contributed by atoms with van der Waals surface area (Å²) in [4.78, 5) is 16.0. The van der Waals surface area contributed by atoms with E-state index in [1.54, 1.807) is 0 Å². The third-order valence-electron chi connectivity index (χ3n) is 3.29. The summed E-state index contributed by atoms with van der Waals surface area (Å²) >= 11 is 0. The maximum absolute atomic E-state index is 11.4. The van der Waals surface area contributed by atoms with E-state index in [2.05, 4.69) is 4.98 Å². The summed E-state index contributed by atoms with van der Waals surface area (Å²) in [6.07, 6.45) is 1.91. The number of imidazole rings is 1. The van der Waals surface area contributed by atoms with E-state index in [1.807, 2.05) is 60.8 Å². The van der Waals surface area contributed by atoms with Gasteiger partial charge in [-0.2, -0.15) is 0 Å². The van der Waals surface area contributed by atoms with Gasteiger partial charge >= 0.3 is 5.97 Å². The van der Waals surface area contributed by atoms with E-state index < -0.39 is 0 Å². The Labute approximate surface area is 123 Å². The van der Waals surface area contributed by atoms with Gasteiger partial charge in [-0.05, 0) is 25.5 Å². The zero-order valence-electron chi connectivity index (χ0n) is 12.3. The van der Waals surface area contributed by atoms with Crippen molar-refractivity contribution in [2.24, 2.45) is 0 Å². The predicted octanol–water partition coefficient (Wildman–Crippen LogP) is 3.54. The average molecular weight is 280 g/mol. The van der Waals surface area contributed by atoms with Gasteiger partial charge in [0.1, 0.15) is 11.3 Å². The SMILES string of the molecule is CC(=O)Oc1c(-c2ccc(C)cc2)nc2ccc(C)cn12. The van der Waals surface area contributed by atoms with Crippen LogP contribution < -0.4 is 4.74 Å². The lowest BCUT2D eigenvalue weighted by Gasteiger charge is -2.05. The molecule has 0 spiro atoms. The van der Waals surface area contributed by atoms with Crippen LogP contribution in [-0.4, -0.2) is 15.4 Å². The molecule has 1 aromatic carbocycles. The van der Waals surface area contributed by atoms with Gasteiger partial charge in [-0.1, -0.05) is 35.9 Å². The predicted molar refractivity (Wildman–Crippen MR) is 81.4 cm³/mol. The molecule has 0 bridgehead atoms. The minimum atomic E-state index is -0.355. The lowest BCUT2D eigenvalue weighted by atomic mass is 10.1. The molecule has 4 heteroatoms. The van der Waals surface area contributed by atoms with E-state index in [-0.39, 0.29) is 5.97 Å². The number of rotatable bonds is 2. The Bertz CT molecular complexity index is 817. The summed E-state index contributed by atoms with van der Waals surface area (Å²) in [5.74, 6) is 0.108. The number of esters is 1. The molecule has 0 aliphatic carbocycles. The average Bonchev–Trinajstić information content (AvgIpc) is 2.77. The van der Waals surface area contributed by atoms with Crippen molar-refractivity contribution in [3.8, 4) is 17.1 Å². The molecule has 0 saturated heterocycles. The largest absolute Gasteiger partial charge is 0.407 e. The molecule has 2 heterocycles. The van der Waals surface area contributed by atoms with Crippen LogP contribution in [-0.2, 0) is 4.79 Å². The zero-order chi connectivity index (χ0) is 15.0. The Morgan fingerprint density at radius 2 is 1.71 bits per heavy atom. The normalized spacial score (nSPS) is 10.8. The number of nitrogens with zero attached hydrogens (tertiary/aromatic N) is 2. The molecule has 3 rings (SSSR count). The first-order valence-electron chi connectivity index (χ1n) is 6.79. The second kappa shape index (κ2) is 5.05. The standard InChI is InChI=1S/C17H16N2O2/c1-11-4-7-14(8-5-11)16-17(21-13(3)20)19-10-12(2)6-9-15(19)18-16/h4-10H,1-3H3. The maximum Gasteiger partial charge on any atom is 0.309 e. The Morgan fingerprint density at radius 3 is 2.38 bits per heavy atom. The van der Waals surface area contributed by atoms with Gasteiger partial charge in [-0.3, -0.25) is 9.20 Å². The Kier molecular flexibility index (Phi) is 3.22. The summed E-state index contributed by atoms with van der Waals surface area (Å²) < 4.78 is 7.21. The number of pyridine rings is 1. The fourth-order valence-electron chi connectivity index (χ4n) is 2.26. The number of aromatic nitrogens is 2. The van der Waals surface area contributed by atoms with Crippen molar-refractivity contribution in [3.05, 3.63) is 53.7 Å². The van der Waals surface area contributed by atoms with E-state index in [0.717, 1.165) is 16.8 Å². The smallest absolute Gasteiger partial charge is 0.309 e. The quantitative estimate of drug-likeness (QED) is 0.674. The van der Waals surface area contributed by atoms with Crippen molar-refractivity contribution in [2.45, 2.75) is 20.8 Å². The molecule has 0 aliphatic rings. The molecule has 0 unspecified atom stereocenters. The number of benzene rings is 1. The molecule has 3 aromatic rings. The molecule has 4 nitrogen and oxygen atoms in total. The van der Waals surface area contributed by atoms with Gasteiger partial charge in [0.25, 0.3) is 0 Å². The molecule has 0 N–H and O–H groups in total. The topological polar surface area (TPSA) is 43.6 Å². The van der Waals surface area contributed by atoms with Crippen molar-refractivity contribution in [2.75, 3.05) is 0 Å². The van der Waals surface area contributed by atoms with Crippen LogP contribution in [0, 0.1) is 13.8 Å². The highest BCUT2D eigenvalue weighted by Gasteiger charge is 2.17. The molecule has 106 valence electrons. The molecule has 0 amide bonds. The van der Waals surface area contributed by atoms with E-state index in [1.165, 1.54) is 12.5 Å². The summed E-state index contributed by atoms with van der Waals surface area (Å²) in [7, 11) is 0. The molecular formula is C17H16N2O2. The number of aryl methyl sites for hydroxylation is 2. The van der Waals surface area contributed by atoms with Crippen molar-refractivity contribution < 1.29 is 9.53 Å². The van der Waals surface area contributed by atoms with Crippen molar-refractivity contribution >= 4 is 11.6 Å². The van der Waals surface area contributed by atoms with Crippen LogP contribution in [0.3, 0.4) is 0 Å².